The zero-order valence-electron chi connectivity index (χ0n) is 14.5. The van der Waals surface area contributed by atoms with Gasteiger partial charge in [0.25, 0.3) is 0 Å². The van der Waals surface area contributed by atoms with Gasteiger partial charge in [-0.1, -0.05) is 15.9 Å². The number of rotatable bonds is 4. The second-order valence-corrected chi connectivity index (χ2v) is 6.92. The molecule has 0 aliphatic heterocycles. The van der Waals surface area contributed by atoms with Gasteiger partial charge < -0.3 is 4.57 Å². The van der Waals surface area contributed by atoms with Gasteiger partial charge in [-0.25, -0.2) is 0 Å². The first-order chi connectivity index (χ1) is 12.0. The predicted octanol–water partition coefficient (Wildman–Crippen LogP) is 5.81. The summed E-state index contributed by atoms with van der Waals surface area (Å²) in [5.74, 6) is 0.0635. The van der Waals surface area contributed by atoms with E-state index in [-0.39, 0.29) is 5.78 Å². The Hall–Kier alpha value is -2.46. The number of nitrogens with zero attached hydrogens (tertiary/aromatic N) is 2. The molecule has 0 radical (unpaired) electrons. The molecule has 0 saturated carbocycles. The van der Waals surface area contributed by atoms with Crippen LogP contribution in [0.25, 0.3) is 5.69 Å². The van der Waals surface area contributed by atoms with Crippen molar-refractivity contribution in [3.63, 3.8) is 0 Å². The lowest BCUT2D eigenvalue weighted by molar-refractivity contribution is 0.101. The highest BCUT2D eigenvalue weighted by molar-refractivity contribution is 9.10. The van der Waals surface area contributed by atoms with Crippen molar-refractivity contribution in [2.45, 2.75) is 20.8 Å². The van der Waals surface area contributed by atoms with Gasteiger partial charge in [0.15, 0.2) is 5.78 Å². The van der Waals surface area contributed by atoms with Gasteiger partial charge in [0.1, 0.15) is 0 Å². The zero-order valence-corrected chi connectivity index (χ0v) is 16.0. The summed E-state index contributed by atoms with van der Waals surface area (Å²) >= 11 is 3.47. The Bertz CT molecular complexity index is 935. The summed E-state index contributed by atoms with van der Waals surface area (Å²) in [6.07, 6.45) is 1.88. The summed E-state index contributed by atoms with van der Waals surface area (Å²) < 4.78 is 3.28. The zero-order chi connectivity index (χ0) is 18.0. The first kappa shape index (κ1) is 17.4. The van der Waals surface area contributed by atoms with E-state index in [1.165, 1.54) is 0 Å². The molecular formula is C21H19BrN2O. The molecule has 126 valence electrons. The predicted molar refractivity (Wildman–Crippen MR) is 107 cm³/mol. The minimum atomic E-state index is 0.0635. The number of aliphatic imine (C=N–C) groups is 1. The Balaban J connectivity index is 1.89. The number of carbonyl (C=O) groups excluding carboxylic acids is 1. The summed E-state index contributed by atoms with van der Waals surface area (Å²) in [7, 11) is 0. The van der Waals surface area contributed by atoms with Crippen molar-refractivity contribution in [1.82, 2.24) is 4.57 Å². The summed E-state index contributed by atoms with van der Waals surface area (Å²) in [5, 5.41) is 0. The van der Waals surface area contributed by atoms with Gasteiger partial charge in [-0.3, -0.25) is 9.79 Å². The van der Waals surface area contributed by atoms with Gasteiger partial charge in [-0.05, 0) is 75.4 Å². The van der Waals surface area contributed by atoms with Gasteiger partial charge in [0.2, 0.25) is 0 Å². The number of benzene rings is 2. The highest BCUT2D eigenvalue weighted by Crippen LogP contribution is 2.22. The molecule has 0 bridgehead atoms. The maximum absolute atomic E-state index is 11.3. The highest BCUT2D eigenvalue weighted by atomic mass is 79.9. The number of ketones is 1. The van der Waals surface area contributed by atoms with Crippen LogP contribution in [0.3, 0.4) is 0 Å². The van der Waals surface area contributed by atoms with Crippen LogP contribution >= 0.6 is 15.9 Å². The minimum Gasteiger partial charge on any atom is -0.318 e. The van der Waals surface area contributed by atoms with E-state index in [1.807, 2.05) is 30.5 Å². The molecule has 1 heterocycles. The molecule has 3 rings (SSSR count). The highest BCUT2D eigenvalue weighted by Gasteiger charge is 2.09. The van der Waals surface area contributed by atoms with E-state index < -0.39 is 0 Å². The van der Waals surface area contributed by atoms with Crippen molar-refractivity contribution in [1.29, 1.82) is 0 Å². The molecule has 0 aliphatic rings. The molecular weight excluding hydrogens is 376 g/mol. The lowest BCUT2D eigenvalue weighted by Crippen LogP contribution is -1.99. The minimum absolute atomic E-state index is 0.0635. The summed E-state index contributed by atoms with van der Waals surface area (Å²) in [6.45, 7) is 5.75. The average molecular weight is 395 g/mol. The lowest BCUT2D eigenvalue weighted by atomic mass is 10.1. The number of carbonyl (C=O) groups is 1. The van der Waals surface area contributed by atoms with Crippen molar-refractivity contribution < 1.29 is 4.79 Å². The second-order valence-electron chi connectivity index (χ2n) is 6.00. The number of aromatic nitrogens is 1. The van der Waals surface area contributed by atoms with E-state index in [0.717, 1.165) is 32.8 Å². The van der Waals surface area contributed by atoms with Crippen molar-refractivity contribution in [3.05, 3.63) is 81.6 Å². The average Bonchev–Trinajstić information content (AvgIpc) is 2.88. The molecule has 1 aromatic heterocycles. The maximum atomic E-state index is 11.3. The van der Waals surface area contributed by atoms with E-state index in [1.54, 1.807) is 19.1 Å². The van der Waals surface area contributed by atoms with Crippen LogP contribution in [0.2, 0.25) is 0 Å². The van der Waals surface area contributed by atoms with Crippen LogP contribution < -0.4 is 0 Å². The molecule has 0 saturated heterocycles. The molecule has 0 unspecified atom stereocenters. The third-order valence-electron chi connectivity index (χ3n) is 4.18. The largest absolute Gasteiger partial charge is 0.318 e. The molecule has 0 amide bonds. The van der Waals surface area contributed by atoms with E-state index in [2.05, 4.69) is 57.5 Å². The molecule has 0 atom stereocenters. The monoisotopic (exact) mass is 394 g/mol. The van der Waals surface area contributed by atoms with Crippen LogP contribution in [-0.2, 0) is 0 Å². The summed E-state index contributed by atoms with van der Waals surface area (Å²) in [6, 6.07) is 17.7. The Kier molecular flexibility index (Phi) is 5.00. The maximum Gasteiger partial charge on any atom is 0.159 e. The third-order valence-corrected chi connectivity index (χ3v) is 4.71. The Morgan fingerprint density at radius 1 is 1.04 bits per heavy atom. The molecule has 0 N–H and O–H groups in total. The molecule has 3 nitrogen and oxygen atoms in total. The summed E-state index contributed by atoms with van der Waals surface area (Å²) in [5.41, 5.74) is 6.04. The fourth-order valence-electron chi connectivity index (χ4n) is 2.83. The van der Waals surface area contributed by atoms with E-state index >= 15 is 0 Å². The van der Waals surface area contributed by atoms with Crippen molar-refractivity contribution in [2.24, 2.45) is 4.99 Å². The number of Topliss-reactive ketones (excluding diaryl/α,β-unsaturated/α-hetero) is 1. The van der Waals surface area contributed by atoms with E-state index in [9.17, 15) is 4.79 Å². The van der Waals surface area contributed by atoms with Crippen LogP contribution in [0.1, 0.15) is 34.2 Å². The molecule has 0 spiro atoms. The Labute approximate surface area is 156 Å². The molecule has 3 aromatic rings. The number of aryl methyl sites for hydroxylation is 1. The molecule has 0 aliphatic carbocycles. The lowest BCUT2D eigenvalue weighted by Gasteiger charge is -2.09. The smallest absolute Gasteiger partial charge is 0.159 e. The van der Waals surface area contributed by atoms with Gasteiger partial charge in [0.05, 0.1) is 5.69 Å². The third kappa shape index (κ3) is 3.80. The Morgan fingerprint density at radius 3 is 2.28 bits per heavy atom. The molecule has 2 aromatic carbocycles. The fraction of sp³-hybridized carbons (Fsp3) is 0.143. The van der Waals surface area contributed by atoms with Gasteiger partial charge in [-0.15, -0.1) is 0 Å². The van der Waals surface area contributed by atoms with Crippen LogP contribution in [0.15, 0.2) is 64.1 Å². The topological polar surface area (TPSA) is 34.4 Å². The first-order valence-corrected chi connectivity index (χ1v) is 8.85. The van der Waals surface area contributed by atoms with Crippen molar-refractivity contribution >= 4 is 33.6 Å². The van der Waals surface area contributed by atoms with E-state index in [4.69, 9.17) is 0 Å². The molecule has 0 fully saturated rings. The number of halogens is 1. The molecule has 25 heavy (non-hydrogen) atoms. The quantitative estimate of drug-likeness (QED) is 0.406. The fourth-order valence-corrected chi connectivity index (χ4v) is 3.10. The molecule has 4 heteroatoms. The van der Waals surface area contributed by atoms with E-state index in [0.29, 0.717) is 5.56 Å². The summed E-state index contributed by atoms with van der Waals surface area (Å²) in [4.78, 5) is 15.9. The van der Waals surface area contributed by atoms with Gasteiger partial charge in [-0.2, -0.15) is 0 Å². The second kappa shape index (κ2) is 7.19. The van der Waals surface area contributed by atoms with Gasteiger partial charge >= 0.3 is 0 Å². The van der Waals surface area contributed by atoms with Crippen LogP contribution in [-0.4, -0.2) is 16.6 Å². The number of hydrogen-bond acceptors (Lipinski definition) is 2. The van der Waals surface area contributed by atoms with Crippen LogP contribution in [0.5, 0.6) is 0 Å². The normalized spacial score (nSPS) is 11.2. The van der Waals surface area contributed by atoms with Crippen LogP contribution in [0, 0.1) is 13.8 Å². The SMILES string of the molecule is CC(=O)c1ccc(N=Cc2cc(C)n(-c3ccc(Br)cc3)c2C)cc1. The Morgan fingerprint density at radius 2 is 1.68 bits per heavy atom. The first-order valence-electron chi connectivity index (χ1n) is 8.05. The number of hydrogen-bond donors (Lipinski definition) is 0. The van der Waals surface area contributed by atoms with Gasteiger partial charge in [0, 0.05) is 38.9 Å². The van der Waals surface area contributed by atoms with Crippen molar-refractivity contribution in [2.75, 3.05) is 0 Å². The standard InChI is InChI=1S/C21H19BrN2O/c1-14-12-18(13-23-20-8-4-17(5-9-20)16(3)25)15(2)24(14)21-10-6-19(22)7-11-21/h4-13H,1-3H3. The van der Waals surface area contributed by atoms with Crippen LogP contribution in [0.4, 0.5) is 5.69 Å². The van der Waals surface area contributed by atoms with Crippen molar-refractivity contribution in [3.8, 4) is 5.69 Å².